The number of piperidine rings is 1. The van der Waals surface area contributed by atoms with Gasteiger partial charge in [0.25, 0.3) is 0 Å². The summed E-state index contributed by atoms with van der Waals surface area (Å²) >= 11 is 0. The Hall–Kier alpha value is -2.21. The highest BCUT2D eigenvalue weighted by Gasteiger charge is 2.22. The average Bonchev–Trinajstić information content (AvgIpc) is 3.18. The van der Waals surface area contributed by atoms with Gasteiger partial charge in [0.15, 0.2) is 0 Å². The van der Waals surface area contributed by atoms with E-state index in [-0.39, 0.29) is 0 Å². The van der Waals surface area contributed by atoms with Gasteiger partial charge in [-0.05, 0) is 70.3 Å². The predicted octanol–water partition coefficient (Wildman–Crippen LogP) is 5.01. The quantitative estimate of drug-likeness (QED) is 0.518. The molecule has 0 radical (unpaired) electrons. The summed E-state index contributed by atoms with van der Waals surface area (Å²) in [6.45, 7) is 14.0. The van der Waals surface area contributed by atoms with Gasteiger partial charge in [-0.25, -0.2) is 0 Å². The minimum absolute atomic E-state index is 0.655. The molecule has 0 saturated carbocycles. The van der Waals surface area contributed by atoms with Crippen LogP contribution >= 0.6 is 0 Å². The highest BCUT2D eigenvalue weighted by molar-refractivity contribution is 5.94. The summed E-state index contributed by atoms with van der Waals surface area (Å²) in [6, 6.07) is 14.5. The van der Waals surface area contributed by atoms with Crippen LogP contribution in [0.15, 0.2) is 36.4 Å². The molecule has 0 unspecified atom stereocenters. The fraction of sp³-hybridized carbons (Fsp3) is 0.552. The molecule has 5 nitrogen and oxygen atoms in total. The van der Waals surface area contributed by atoms with E-state index in [0.717, 1.165) is 50.7 Å². The van der Waals surface area contributed by atoms with Crippen molar-refractivity contribution in [1.29, 1.82) is 0 Å². The topological polar surface area (TPSA) is 33.5 Å². The van der Waals surface area contributed by atoms with Crippen LogP contribution in [0.5, 0.6) is 0 Å². The minimum atomic E-state index is 0.655. The number of hydrogen-bond acceptors (Lipinski definition) is 4. The van der Waals surface area contributed by atoms with Crippen LogP contribution in [-0.4, -0.2) is 71.3 Å². The zero-order valence-electron chi connectivity index (χ0n) is 21.4. The maximum atomic E-state index is 5.51. The van der Waals surface area contributed by atoms with E-state index in [9.17, 15) is 0 Å². The van der Waals surface area contributed by atoms with Crippen molar-refractivity contribution in [3.05, 3.63) is 53.3 Å². The van der Waals surface area contributed by atoms with Gasteiger partial charge in [0.05, 0.1) is 24.4 Å². The van der Waals surface area contributed by atoms with Gasteiger partial charge in [0.2, 0.25) is 0 Å². The molecule has 0 aliphatic carbocycles. The lowest BCUT2D eigenvalue weighted by molar-refractivity contribution is 0.0383. The van der Waals surface area contributed by atoms with E-state index in [2.05, 4.69) is 78.6 Å². The number of aromatic nitrogens is 2. The normalized spacial score (nSPS) is 18.9. The lowest BCUT2D eigenvalue weighted by atomic mass is 9.88. The summed E-state index contributed by atoms with van der Waals surface area (Å²) in [4.78, 5) is 10.1. The second kappa shape index (κ2) is 10.2. The van der Waals surface area contributed by atoms with Gasteiger partial charge in [-0.15, -0.1) is 0 Å². The summed E-state index contributed by atoms with van der Waals surface area (Å²) in [6.07, 6.45) is 3.57. The number of likely N-dealkylation sites (tertiary alicyclic amines) is 1. The fourth-order valence-electron chi connectivity index (χ4n) is 5.72. The number of nitrogens with zero attached hydrogens (tertiary/aromatic N) is 4. The molecule has 2 fully saturated rings. The molecule has 1 aromatic carbocycles. The first-order valence-electron chi connectivity index (χ1n) is 13.1. The first kappa shape index (κ1) is 23.5. The number of pyridine rings is 1. The third-order valence-electron chi connectivity index (χ3n) is 7.97. The van der Waals surface area contributed by atoms with Crippen molar-refractivity contribution in [1.82, 2.24) is 19.4 Å². The molecule has 2 aliphatic rings. The number of benzene rings is 1. The van der Waals surface area contributed by atoms with E-state index < -0.39 is 0 Å². The summed E-state index contributed by atoms with van der Waals surface area (Å²) in [5.74, 6) is 0.679. The molecule has 0 amide bonds. The van der Waals surface area contributed by atoms with Crippen molar-refractivity contribution in [2.24, 2.45) is 7.05 Å². The van der Waals surface area contributed by atoms with Crippen LogP contribution in [0.3, 0.4) is 0 Å². The number of hydrogen-bond donors (Lipinski definition) is 0. The van der Waals surface area contributed by atoms with Crippen LogP contribution in [0, 0.1) is 6.92 Å². The van der Waals surface area contributed by atoms with Crippen LogP contribution in [0.4, 0.5) is 0 Å². The van der Waals surface area contributed by atoms with E-state index in [1.807, 2.05) is 0 Å². The Bertz CT molecular complexity index is 1100. The van der Waals surface area contributed by atoms with Crippen molar-refractivity contribution >= 4 is 10.9 Å². The second-order valence-electron chi connectivity index (χ2n) is 10.5. The van der Waals surface area contributed by atoms with Gasteiger partial charge in [-0.1, -0.05) is 24.3 Å². The number of morpholine rings is 1. The maximum Gasteiger partial charge on any atom is 0.0799 e. The third-order valence-corrected chi connectivity index (χ3v) is 7.97. The van der Waals surface area contributed by atoms with E-state index in [0.29, 0.717) is 12.0 Å². The third kappa shape index (κ3) is 4.93. The van der Waals surface area contributed by atoms with E-state index in [1.165, 1.54) is 53.7 Å². The molecule has 2 aromatic heterocycles. The van der Waals surface area contributed by atoms with Crippen LogP contribution in [0.1, 0.15) is 49.6 Å². The molecule has 5 heteroatoms. The van der Waals surface area contributed by atoms with E-state index in [4.69, 9.17) is 9.72 Å². The Morgan fingerprint density at radius 2 is 1.71 bits per heavy atom. The van der Waals surface area contributed by atoms with E-state index >= 15 is 0 Å². The molecule has 0 N–H and O–H groups in total. The Kier molecular flexibility index (Phi) is 7.05. The van der Waals surface area contributed by atoms with Gasteiger partial charge in [0.1, 0.15) is 0 Å². The molecule has 2 saturated heterocycles. The number of aryl methyl sites for hydroxylation is 2. The standard InChI is InChI=1S/C29H40N4O/c1-21(2)33-13-9-24(10-14-33)23-5-7-25(8-6-23)29-27-20-26(11-12-32-15-17-34-18-16-32)31(4)28(27)19-22(3)30-29/h5-8,19-21,24H,9-18H2,1-4H3. The molecule has 4 heterocycles. The Labute approximate surface area is 204 Å². The van der Waals surface area contributed by atoms with Gasteiger partial charge >= 0.3 is 0 Å². The van der Waals surface area contributed by atoms with E-state index in [1.54, 1.807) is 0 Å². The summed E-state index contributed by atoms with van der Waals surface area (Å²) < 4.78 is 7.87. The van der Waals surface area contributed by atoms with Crippen LogP contribution in [0.2, 0.25) is 0 Å². The first-order chi connectivity index (χ1) is 16.5. The summed E-state index contributed by atoms with van der Waals surface area (Å²) in [7, 11) is 2.20. The van der Waals surface area contributed by atoms with Crippen LogP contribution < -0.4 is 0 Å². The van der Waals surface area contributed by atoms with Crippen LogP contribution in [0.25, 0.3) is 22.2 Å². The smallest absolute Gasteiger partial charge is 0.0799 e. The Morgan fingerprint density at radius 1 is 1.00 bits per heavy atom. The lowest BCUT2D eigenvalue weighted by Gasteiger charge is -2.34. The van der Waals surface area contributed by atoms with Gasteiger partial charge < -0.3 is 14.2 Å². The Morgan fingerprint density at radius 3 is 2.38 bits per heavy atom. The number of fused-ring (bicyclic) bond motifs is 1. The van der Waals surface area contributed by atoms with Crippen molar-refractivity contribution in [3.63, 3.8) is 0 Å². The van der Waals surface area contributed by atoms with Gasteiger partial charge in [-0.3, -0.25) is 9.88 Å². The van der Waals surface area contributed by atoms with Crippen molar-refractivity contribution in [2.45, 2.75) is 52.0 Å². The molecular formula is C29H40N4O. The highest BCUT2D eigenvalue weighted by Crippen LogP contribution is 2.33. The zero-order chi connectivity index (χ0) is 23.7. The fourth-order valence-corrected chi connectivity index (χ4v) is 5.72. The first-order valence-corrected chi connectivity index (χ1v) is 13.1. The molecular weight excluding hydrogens is 420 g/mol. The van der Waals surface area contributed by atoms with Gasteiger partial charge in [-0.2, -0.15) is 0 Å². The highest BCUT2D eigenvalue weighted by atomic mass is 16.5. The SMILES string of the molecule is Cc1cc2c(cc(CCN3CCOCC3)n2C)c(-c2ccc(C3CCN(C(C)C)CC3)cc2)n1. The molecule has 0 bridgehead atoms. The largest absolute Gasteiger partial charge is 0.379 e. The molecule has 3 aromatic rings. The monoisotopic (exact) mass is 460 g/mol. The summed E-state index contributed by atoms with van der Waals surface area (Å²) in [5, 5.41) is 1.27. The maximum absolute atomic E-state index is 5.51. The van der Waals surface area contributed by atoms with Crippen LogP contribution in [-0.2, 0) is 18.2 Å². The lowest BCUT2D eigenvalue weighted by Crippen LogP contribution is -2.37. The molecule has 34 heavy (non-hydrogen) atoms. The zero-order valence-corrected chi connectivity index (χ0v) is 21.4. The second-order valence-corrected chi connectivity index (χ2v) is 10.5. The number of rotatable bonds is 6. The molecule has 182 valence electrons. The number of ether oxygens (including phenoxy) is 1. The van der Waals surface area contributed by atoms with Gasteiger partial charge in [0, 0.05) is 61.5 Å². The molecule has 0 atom stereocenters. The molecule has 2 aliphatic heterocycles. The Balaban J connectivity index is 1.36. The minimum Gasteiger partial charge on any atom is -0.379 e. The molecule has 0 spiro atoms. The average molecular weight is 461 g/mol. The van der Waals surface area contributed by atoms with Crippen molar-refractivity contribution < 1.29 is 4.74 Å². The van der Waals surface area contributed by atoms with Crippen molar-refractivity contribution in [2.75, 3.05) is 45.9 Å². The predicted molar refractivity (Wildman–Crippen MR) is 141 cm³/mol. The molecule has 5 rings (SSSR count). The summed E-state index contributed by atoms with van der Waals surface area (Å²) in [5.41, 5.74) is 7.56. The van der Waals surface area contributed by atoms with Crippen molar-refractivity contribution in [3.8, 4) is 11.3 Å².